The number of hydrogen-bond donors (Lipinski definition) is 1. The number of carbonyl (C=O) groups is 2. The molecule has 0 bridgehead atoms. The van der Waals surface area contributed by atoms with Crippen LogP contribution in [0.15, 0.2) is 61.1 Å². The maximum atomic E-state index is 12.0. The van der Waals surface area contributed by atoms with Gasteiger partial charge in [-0.05, 0) is 42.8 Å². The summed E-state index contributed by atoms with van der Waals surface area (Å²) in [5.41, 5.74) is 3.55. The third-order valence-electron chi connectivity index (χ3n) is 4.16. The standard InChI is InChI=1S/C22H22N4O3/c1-4-29-22(28)18-11-19(14-23-12-18)25-20-10-9-17(13-24-20)15-5-7-16(8-6-15)21(27)26(2)3/h5-14H,4H2,1-3H3,(H,24,25). The van der Waals surface area contributed by atoms with Gasteiger partial charge in [-0.15, -0.1) is 0 Å². The lowest BCUT2D eigenvalue weighted by Crippen LogP contribution is -2.21. The fourth-order valence-corrected chi connectivity index (χ4v) is 2.68. The minimum Gasteiger partial charge on any atom is -0.462 e. The Balaban J connectivity index is 1.71. The van der Waals surface area contributed by atoms with E-state index in [0.717, 1.165) is 11.1 Å². The van der Waals surface area contributed by atoms with E-state index in [0.29, 0.717) is 29.2 Å². The first-order chi connectivity index (χ1) is 14.0. The predicted molar refractivity (Wildman–Crippen MR) is 111 cm³/mol. The number of rotatable bonds is 6. The first-order valence-electron chi connectivity index (χ1n) is 9.15. The number of aromatic nitrogens is 2. The quantitative estimate of drug-likeness (QED) is 0.645. The molecule has 1 aromatic carbocycles. The van der Waals surface area contributed by atoms with Crippen LogP contribution in [0.3, 0.4) is 0 Å². The average molecular weight is 390 g/mol. The number of nitrogens with zero attached hydrogens (tertiary/aromatic N) is 3. The van der Waals surface area contributed by atoms with E-state index in [-0.39, 0.29) is 5.91 Å². The number of ether oxygens (including phenoxy) is 1. The first kappa shape index (κ1) is 20.0. The van der Waals surface area contributed by atoms with Gasteiger partial charge in [-0.25, -0.2) is 9.78 Å². The van der Waals surface area contributed by atoms with Gasteiger partial charge in [0.05, 0.1) is 24.1 Å². The Morgan fingerprint density at radius 2 is 1.69 bits per heavy atom. The summed E-state index contributed by atoms with van der Waals surface area (Å²) >= 11 is 0. The molecule has 0 aliphatic carbocycles. The van der Waals surface area contributed by atoms with E-state index in [1.54, 1.807) is 56.5 Å². The lowest BCUT2D eigenvalue weighted by atomic mass is 10.1. The Hall–Kier alpha value is -3.74. The molecule has 0 radical (unpaired) electrons. The van der Waals surface area contributed by atoms with Crippen LogP contribution in [0.2, 0.25) is 0 Å². The number of anilines is 2. The molecular weight excluding hydrogens is 368 g/mol. The Kier molecular flexibility index (Phi) is 6.19. The summed E-state index contributed by atoms with van der Waals surface area (Å²) in [5.74, 6) is 0.173. The molecule has 1 amide bonds. The van der Waals surface area contributed by atoms with Gasteiger partial charge in [-0.1, -0.05) is 12.1 Å². The van der Waals surface area contributed by atoms with Crippen molar-refractivity contribution in [1.29, 1.82) is 0 Å². The van der Waals surface area contributed by atoms with E-state index >= 15 is 0 Å². The second-order valence-corrected chi connectivity index (χ2v) is 6.52. The minimum atomic E-state index is -0.414. The summed E-state index contributed by atoms with van der Waals surface area (Å²) in [6.07, 6.45) is 4.82. The van der Waals surface area contributed by atoms with E-state index < -0.39 is 5.97 Å². The smallest absolute Gasteiger partial charge is 0.339 e. The topological polar surface area (TPSA) is 84.4 Å². The molecule has 0 unspecified atom stereocenters. The number of hydrogen-bond acceptors (Lipinski definition) is 6. The third kappa shape index (κ3) is 4.95. The zero-order valence-corrected chi connectivity index (χ0v) is 16.5. The van der Waals surface area contributed by atoms with Crippen LogP contribution in [0.5, 0.6) is 0 Å². The van der Waals surface area contributed by atoms with E-state index in [4.69, 9.17) is 4.74 Å². The fourth-order valence-electron chi connectivity index (χ4n) is 2.68. The van der Waals surface area contributed by atoms with Crippen molar-refractivity contribution >= 4 is 23.4 Å². The monoisotopic (exact) mass is 390 g/mol. The molecule has 0 fully saturated rings. The molecule has 0 atom stereocenters. The molecule has 0 saturated heterocycles. The van der Waals surface area contributed by atoms with Crippen molar-refractivity contribution < 1.29 is 14.3 Å². The van der Waals surface area contributed by atoms with Gasteiger partial charge in [0.15, 0.2) is 0 Å². The number of pyridine rings is 2. The zero-order valence-electron chi connectivity index (χ0n) is 16.5. The Morgan fingerprint density at radius 1 is 0.966 bits per heavy atom. The fraction of sp³-hybridized carbons (Fsp3) is 0.182. The van der Waals surface area contributed by atoms with Gasteiger partial charge in [0.2, 0.25) is 0 Å². The normalized spacial score (nSPS) is 10.3. The molecule has 0 aliphatic heterocycles. The SMILES string of the molecule is CCOC(=O)c1cncc(Nc2ccc(-c3ccc(C(=O)N(C)C)cc3)cn2)c1. The zero-order chi connectivity index (χ0) is 20.8. The van der Waals surface area contributed by atoms with Crippen molar-refractivity contribution in [1.82, 2.24) is 14.9 Å². The molecule has 2 heterocycles. The lowest BCUT2D eigenvalue weighted by Gasteiger charge is -2.11. The van der Waals surface area contributed by atoms with Gasteiger partial charge in [0, 0.05) is 37.6 Å². The minimum absolute atomic E-state index is 0.0344. The van der Waals surface area contributed by atoms with Crippen molar-refractivity contribution in [2.24, 2.45) is 0 Å². The molecule has 0 aliphatic rings. The van der Waals surface area contributed by atoms with Gasteiger partial charge >= 0.3 is 5.97 Å². The Morgan fingerprint density at radius 3 is 2.31 bits per heavy atom. The number of amides is 1. The highest BCUT2D eigenvalue weighted by atomic mass is 16.5. The predicted octanol–water partition coefficient (Wildman–Crippen LogP) is 3.77. The Labute approximate surface area is 169 Å². The third-order valence-corrected chi connectivity index (χ3v) is 4.16. The van der Waals surface area contributed by atoms with Crippen molar-refractivity contribution in [2.45, 2.75) is 6.92 Å². The van der Waals surface area contributed by atoms with Crippen LogP contribution in [-0.2, 0) is 4.74 Å². The van der Waals surface area contributed by atoms with Crippen molar-refractivity contribution in [2.75, 3.05) is 26.0 Å². The molecule has 3 aromatic rings. The van der Waals surface area contributed by atoms with E-state index in [1.807, 2.05) is 24.3 Å². The van der Waals surface area contributed by atoms with Crippen molar-refractivity contribution in [3.8, 4) is 11.1 Å². The van der Waals surface area contributed by atoms with Crippen LogP contribution in [0, 0.1) is 0 Å². The molecule has 148 valence electrons. The molecule has 3 rings (SSSR count). The second kappa shape index (κ2) is 8.97. The highest BCUT2D eigenvalue weighted by Crippen LogP contribution is 2.22. The molecular formula is C22H22N4O3. The van der Waals surface area contributed by atoms with Gasteiger partial charge in [-0.3, -0.25) is 9.78 Å². The van der Waals surface area contributed by atoms with Crippen LogP contribution >= 0.6 is 0 Å². The van der Waals surface area contributed by atoms with Crippen LogP contribution in [0.4, 0.5) is 11.5 Å². The lowest BCUT2D eigenvalue weighted by molar-refractivity contribution is 0.0525. The molecule has 7 nitrogen and oxygen atoms in total. The number of esters is 1. The van der Waals surface area contributed by atoms with E-state index in [9.17, 15) is 9.59 Å². The maximum Gasteiger partial charge on any atom is 0.339 e. The van der Waals surface area contributed by atoms with Crippen LogP contribution < -0.4 is 5.32 Å². The van der Waals surface area contributed by atoms with Gasteiger partial charge in [0.1, 0.15) is 5.82 Å². The summed E-state index contributed by atoms with van der Waals surface area (Å²) in [7, 11) is 3.45. The summed E-state index contributed by atoms with van der Waals surface area (Å²) in [6.45, 7) is 2.07. The van der Waals surface area contributed by atoms with Gasteiger partial charge in [-0.2, -0.15) is 0 Å². The average Bonchev–Trinajstić information content (AvgIpc) is 2.74. The molecule has 0 spiro atoms. The highest BCUT2D eigenvalue weighted by Gasteiger charge is 2.09. The number of carbonyl (C=O) groups excluding carboxylic acids is 2. The van der Waals surface area contributed by atoms with Crippen molar-refractivity contribution in [3.05, 3.63) is 72.2 Å². The van der Waals surface area contributed by atoms with Gasteiger partial charge < -0.3 is 15.0 Å². The molecule has 0 saturated carbocycles. The largest absolute Gasteiger partial charge is 0.462 e. The molecule has 7 heteroatoms. The summed E-state index contributed by atoms with van der Waals surface area (Å²) < 4.78 is 4.99. The summed E-state index contributed by atoms with van der Waals surface area (Å²) in [5, 5.41) is 3.12. The van der Waals surface area contributed by atoms with Crippen LogP contribution in [-0.4, -0.2) is 47.4 Å². The maximum absolute atomic E-state index is 12.0. The number of benzene rings is 1. The molecule has 29 heavy (non-hydrogen) atoms. The van der Waals surface area contributed by atoms with E-state index in [2.05, 4.69) is 15.3 Å². The highest BCUT2D eigenvalue weighted by molar-refractivity contribution is 5.94. The summed E-state index contributed by atoms with van der Waals surface area (Å²) in [6, 6.07) is 12.8. The van der Waals surface area contributed by atoms with E-state index in [1.165, 1.54) is 6.20 Å². The Bertz CT molecular complexity index is 999. The van der Waals surface area contributed by atoms with Crippen molar-refractivity contribution in [3.63, 3.8) is 0 Å². The second-order valence-electron chi connectivity index (χ2n) is 6.52. The molecule has 1 N–H and O–H groups in total. The first-order valence-corrected chi connectivity index (χ1v) is 9.15. The van der Waals surface area contributed by atoms with Gasteiger partial charge in [0.25, 0.3) is 5.91 Å². The van der Waals surface area contributed by atoms with Crippen LogP contribution in [0.25, 0.3) is 11.1 Å². The summed E-state index contributed by atoms with van der Waals surface area (Å²) in [4.78, 5) is 33.8. The van der Waals surface area contributed by atoms with Crippen LogP contribution in [0.1, 0.15) is 27.6 Å². The molecule has 2 aromatic heterocycles. The number of nitrogens with one attached hydrogen (secondary N) is 1.